The van der Waals surface area contributed by atoms with Gasteiger partial charge in [-0.1, -0.05) is 47.8 Å². The summed E-state index contributed by atoms with van der Waals surface area (Å²) in [5, 5.41) is 4.10. The monoisotopic (exact) mass is 412 g/mol. The summed E-state index contributed by atoms with van der Waals surface area (Å²) in [5.41, 5.74) is 2.21. The number of hydrogen-bond donors (Lipinski definition) is 1. The standard InChI is InChI=1S/C18H22Cl2N4OS/c1-10-11(2)24(14-6-4-5-7-14)18(22-10)26-12(3)17(25)23-16-15(20)8-13(19)9-21-16/h8-9,12,14H,4-7H2,1-3H3,(H,21,23,25)/t12-/m0/s1. The molecule has 5 nitrogen and oxygen atoms in total. The maximum atomic E-state index is 12.6. The van der Waals surface area contributed by atoms with Crippen molar-refractivity contribution in [1.29, 1.82) is 0 Å². The predicted molar refractivity (Wildman–Crippen MR) is 107 cm³/mol. The third-order valence-corrected chi connectivity index (χ3v) is 6.31. The molecular formula is C18H22Cl2N4OS. The molecule has 0 bridgehead atoms. The number of hydrogen-bond acceptors (Lipinski definition) is 4. The van der Waals surface area contributed by atoms with Crippen molar-refractivity contribution >= 4 is 46.7 Å². The average molecular weight is 413 g/mol. The van der Waals surface area contributed by atoms with Crippen molar-refractivity contribution in [3.05, 3.63) is 33.7 Å². The fourth-order valence-electron chi connectivity index (χ4n) is 3.21. The summed E-state index contributed by atoms with van der Waals surface area (Å²) in [6.45, 7) is 5.99. The van der Waals surface area contributed by atoms with Crippen molar-refractivity contribution in [2.45, 2.75) is 62.9 Å². The minimum atomic E-state index is -0.329. The van der Waals surface area contributed by atoms with Gasteiger partial charge in [0.25, 0.3) is 0 Å². The predicted octanol–water partition coefficient (Wildman–Crippen LogP) is 5.44. The van der Waals surface area contributed by atoms with Gasteiger partial charge < -0.3 is 9.88 Å². The summed E-state index contributed by atoms with van der Waals surface area (Å²) in [7, 11) is 0. The second-order valence-corrected chi connectivity index (χ2v) is 8.76. The fourth-order valence-corrected chi connectivity index (χ4v) is 4.71. The summed E-state index contributed by atoms with van der Waals surface area (Å²) < 4.78 is 2.31. The van der Waals surface area contributed by atoms with Gasteiger partial charge in [-0.25, -0.2) is 9.97 Å². The number of carbonyl (C=O) groups is 1. The van der Waals surface area contributed by atoms with Crippen LogP contribution in [-0.2, 0) is 4.79 Å². The van der Waals surface area contributed by atoms with E-state index in [2.05, 4.69) is 21.8 Å². The lowest BCUT2D eigenvalue weighted by Gasteiger charge is -2.18. The lowest BCUT2D eigenvalue weighted by molar-refractivity contribution is -0.115. The van der Waals surface area contributed by atoms with Gasteiger partial charge in [0.15, 0.2) is 11.0 Å². The van der Waals surface area contributed by atoms with Crippen LogP contribution in [0.4, 0.5) is 5.82 Å². The van der Waals surface area contributed by atoms with Crippen molar-refractivity contribution in [2.24, 2.45) is 0 Å². The van der Waals surface area contributed by atoms with Crippen LogP contribution in [0.15, 0.2) is 17.4 Å². The number of nitrogens with one attached hydrogen (secondary N) is 1. The van der Waals surface area contributed by atoms with Crippen molar-refractivity contribution in [3.8, 4) is 0 Å². The molecule has 0 radical (unpaired) electrons. The van der Waals surface area contributed by atoms with Crippen molar-refractivity contribution in [3.63, 3.8) is 0 Å². The van der Waals surface area contributed by atoms with E-state index >= 15 is 0 Å². The highest BCUT2D eigenvalue weighted by atomic mass is 35.5. The molecule has 0 saturated heterocycles. The van der Waals surface area contributed by atoms with E-state index in [1.54, 1.807) is 6.07 Å². The third kappa shape index (κ3) is 4.18. The average Bonchev–Trinajstić information content (AvgIpc) is 3.19. The molecule has 140 valence electrons. The van der Waals surface area contributed by atoms with E-state index in [0.29, 0.717) is 21.9 Å². The largest absolute Gasteiger partial charge is 0.320 e. The van der Waals surface area contributed by atoms with Gasteiger partial charge in [0.2, 0.25) is 5.91 Å². The smallest absolute Gasteiger partial charge is 0.238 e. The van der Waals surface area contributed by atoms with Crippen LogP contribution in [0, 0.1) is 13.8 Å². The van der Waals surface area contributed by atoms with Crippen LogP contribution in [0.5, 0.6) is 0 Å². The normalized spacial score (nSPS) is 16.0. The molecule has 1 fully saturated rings. The Morgan fingerprint density at radius 3 is 2.69 bits per heavy atom. The maximum Gasteiger partial charge on any atom is 0.238 e. The topological polar surface area (TPSA) is 59.8 Å². The van der Waals surface area contributed by atoms with Gasteiger partial charge >= 0.3 is 0 Å². The molecule has 1 amide bonds. The number of aromatic nitrogens is 3. The Hall–Kier alpha value is -1.24. The molecule has 0 aliphatic heterocycles. The molecule has 1 aliphatic rings. The molecular weight excluding hydrogens is 391 g/mol. The van der Waals surface area contributed by atoms with E-state index in [-0.39, 0.29) is 11.2 Å². The van der Waals surface area contributed by atoms with Gasteiger partial charge in [-0.05, 0) is 39.7 Å². The first kappa shape index (κ1) is 19.5. The lowest BCUT2D eigenvalue weighted by Crippen LogP contribution is -2.24. The fraction of sp³-hybridized carbons (Fsp3) is 0.500. The highest BCUT2D eigenvalue weighted by molar-refractivity contribution is 8.00. The number of imidazole rings is 1. The number of nitrogens with zero attached hydrogens (tertiary/aromatic N) is 3. The van der Waals surface area contributed by atoms with Gasteiger partial charge in [-0.15, -0.1) is 0 Å². The number of carbonyl (C=O) groups excluding carboxylic acids is 1. The van der Waals surface area contributed by atoms with Crippen LogP contribution in [-0.4, -0.2) is 25.7 Å². The summed E-state index contributed by atoms with van der Waals surface area (Å²) in [6, 6.07) is 2.05. The van der Waals surface area contributed by atoms with E-state index in [0.717, 1.165) is 10.9 Å². The Kier molecular flexibility index (Phi) is 6.15. The number of rotatable bonds is 5. The first-order valence-electron chi connectivity index (χ1n) is 8.70. The zero-order valence-electron chi connectivity index (χ0n) is 15.1. The molecule has 0 aromatic carbocycles. The summed E-state index contributed by atoms with van der Waals surface area (Å²) in [5.74, 6) is 0.156. The summed E-state index contributed by atoms with van der Waals surface area (Å²) in [6.07, 6.45) is 6.31. The van der Waals surface area contributed by atoms with Crippen molar-refractivity contribution in [2.75, 3.05) is 5.32 Å². The molecule has 0 spiro atoms. The minimum Gasteiger partial charge on any atom is -0.320 e. The van der Waals surface area contributed by atoms with Crippen LogP contribution in [0.1, 0.15) is 50.0 Å². The van der Waals surface area contributed by atoms with E-state index < -0.39 is 0 Å². The molecule has 1 atom stereocenters. The number of pyridine rings is 1. The Labute approximate surface area is 167 Å². The zero-order chi connectivity index (χ0) is 18.8. The zero-order valence-corrected chi connectivity index (χ0v) is 17.4. The maximum absolute atomic E-state index is 12.6. The summed E-state index contributed by atoms with van der Waals surface area (Å²) in [4.78, 5) is 21.4. The van der Waals surface area contributed by atoms with Gasteiger partial charge in [0.05, 0.1) is 21.0 Å². The minimum absolute atomic E-state index is 0.164. The Balaban J connectivity index is 1.74. The van der Waals surface area contributed by atoms with Crippen molar-refractivity contribution in [1.82, 2.24) is 14.5 Å². The van der Waals surface area contributed by atoms with Crippen LogP contribution in [0.25, 0.3) is 0 Å². The highest BCUT2D eigenvalue weighted by Crippen LogP contribution is 2.36. The molecule has 26 heavy (non-hydrogen) atoms. The van der Waals surface area contributed by atoms with Gasteiger partial charge in [0, 0.05) is 17.9 Å². The van der Waals surface area contributed by atoms with Crippen LogP contribution >= 0.6 is 35.0 Å². The SMILES string of the molecule is Cc1nc(S[C@@H](C)C(=O)Nc2ncc(Cl)cc2Cl)n(C2CCCC2)c1C. The second-order valence-electron chi connectivity index (χ2n) is 6.61. The summed E-state index contributed by atoms with van der Waals surface area (Å²) >= 11 is 13.4. The van der Waals surface area contributed by atoms with E-state index in [1.165, 1.54) is 49.3 Å². The van der Waals surface area contributed by atoms with Crippen molar-refractivity contribution < 1.29 is 4.79 Å². The van der Waals surface area contributed by atoms with E-state index in [1.807, 2.05) is 13.8 Å². The molecule has 2 aromatic heterocycles. The number of aryl methyl sites for hydroxylation is 1. The van der Waals surface area contributed by atoms with Crippen LogP contribution in [0.2, 0.25) is 10.0 Å². The van der Waals surface area contributed by atoms with Gasteiger partial charge in [-0.3, -0.25) is 4.79 Å². The molecule has 3 rings (SSSR count). The molecule has 1 N–H and O–H groups in total. The number of halogens is 2. The first-order chi connectivity index (χ1) is 12.4. The second kappa shape index (κ2) is 8.19. The van der Waals surface area contributed by atoms with E-state index in [9.17, 15) is 4.79 Å². The number of anilines is 1. The quantitative estimate of drug-likeness (QED) is 0.664. The molecule has 2 aromatic rings. The molecule has 1 saturated carbocycles. The highest BCUT2D eigenvalue weighted by Gasteiger charge is 2.26. The number of thioether (sulfide) groups is 1. The lowest BCUT2D eigenvalue weighted by atomic mass is 10.2. The van der Waals surface area contributed by atoms with Crippen LogP contribution < -0.4 is 5.32 Å². The number of amides is 1. The Morgan fingerprint density at radius 2 is 2.04 bits per heavy atom. The Bertz CT molecular complexity index is 818. The third-order valence-electron chi connectivity index (χ3n) is 4.75. The first-order valence-corrected chi connectivity index (χ1v) is 10.3. The molecule has 0 unspecified atom stereocenters. The molecule has 8 heteroatoms. The molecule has 2 heterocycles. The van der Waals surface area contributed by atoms with Crippen LogP contribution in [0.3, 0.4) is 0 Å². The van der Waals surface area contributed by atoms with Gasteiger partial charge in [0.1, 0.15) is 0 Å². The van der Waals surface area contributed by atoms with E-state index in [4.69, 9.17) is 28.2 Å². The van der Waals surface area contributed by atoms with Gasteiger partial charge in [-0.2, -0.15) is 0 Å². The molecule has 1 aliphatic carbocycles. The Morgan fingerprint density at radius 1 is 1.35 bits per heavy atom.